The van der Waals surface area contributed by atoms with E-state index in [9.17, 15) is 4.79 Å². The second-order valence-electron chi connectivity index (χ2n) is 5.83. The van der Waals surface area contributed by atoms with Gasteiger partial charge in [-0.1, -0.05) is 45.8 Å². The number of nitrogens with one attached hydrogen (secondary N) is 1. The van der Waals surface area contributed by atoms with Gasteiger partial charge in [0.05, 0.1) is 10.7 Å². The highest BCUT2D eigenvalue weighted by Crippen LogP contribution is 2.28. The van der Waals surface area contributed by atoms with Crippen LogP contribution < -0.4 is 10.2 Å². The summed E-state index contributed by atoms with van der Waals surface area (Å²) in [5.41, 5.74) is 5.64. The van der Waals surface area contributed by atoms with Crippen LogP contribution in [0.4, 0.5) is 0 Å². The molecular weight excluding hydrogens is 392 g/mol. The summed E-state index contributed by atoms with van der Waals surface area (Å²) in [5.74, 6) is 0.507. The van der Waals surface area contributed by atoms with Crippen LogP contribution in [0.3, 0.4) is 0 Å². The van der Waals surface area contributed by atoms with E-state index in [2.05, 4.69) is 39.1 Å². The van der Waals surface area contributed by atoms with Crippen molar-refractivity contribution in [3.63, 3.8) is 0 Å². The molecular formula is C18H20BrClN2O2. The number of ether oxygens (including phenoxy) is 1. The lowest BCUT2D eigenvalue weighted by Gasteiger charge is -2.22. The lowest BCUT2D eigenvalue weighted by atomic mass is 9.85. The summed E-state index contributed by atoms with van der Waals surface area (Å²) in [6.07, 6.45) is 3.89. The first-order chi connectivity index (χ1) is 11.4. The molecule has 4 nitrogen and oxygen atoms in total. The Morgan fingerprint density at radius 2 is 2.29 bits per heavy atom. The SMILES string of the molecule is C=C(C)C1CC=C(C)C(=NNC(=O)COc2ccc(Br)cc2Cl)C1. The Balaban J connectivity index is 1.91. The molecule has 1 aromatic rings. The van der Waals surface area contributed by atoms with Crippen molar-refractivity contribution in [2.24, 2.45) is 11.0 Å². The zero-order valence-corrected chi connectivity index (χ0v) is 16.1. The third kappa shape index (κ3) is 5.21. The van der Waals surface area contributed by atoms with E-state index < -0.39 is 0 Å². The number of rotatable bonds is 5. The van der Waals surface area contributed by atoms with Crippen LogP contribution in [-0.4, -0.2) is 18.2 Å². The summed E-state index contributed by atoms with van der Waals surface area (Å²) in [4.78, 5) is 11.9. The molecule has 0 saturated heterocycles. The highest BCUT2D eigenvalue weighted by molar-refractivity contribution is 9.10. The largest absolute Gasteiger partial charge is 0.482 e. The first-order valence-corrected chi connectivity index (χ1v) is 8.79. The van der Waals surface area contributed by atoms with Gasteiger partial charge >= 0.3 is 0 Å². The summed E-state index contributed by atoms with van der Waals surface area (Å²) >= 11 is 9.36. The molecule has 0 aromatic heterocycles. The van der Waals surface area contributed by atoms with E-state index in [1.807, 2.05) is 13.8 Å². The number of allylic oxidation sites excluding steroid dienone is 3. The molecule has 0 saturated carbocycles. The molecule has 6 heteroatoms. The van der Waals surface area contributed by atoms with Crippen molar-refractivity contribution in [2.45, 2.75) is 26.7 Å². The molecule has 1 aliphatic carbocycles. The molecule has 1 unspecified atom stereocenters. The van der Waals surface area contributed by atoms with Gasteiger partial charge in [-0.25, -0.2) is 5.43 Å². The van der Waals surface area contributed by atoms with Gasteiger partial charge in [-0.2, -0.15) is 5.10 Å². The number of nitrogens with zero attached hydrogens (tertiary/aromatic N) is 1. The Kier molecular flexibility index (Phi) is 6.63. The minimum Gasteiger partial charge on any atom is -0.482 e. The smallest absolute Gasteiger partial charge is 0.277 e. The number of hydrogen-bond donors (Lipinski definition) is 1. The van der Waals surface area contributed by atoms with Crippen LogP contribution in [0.15, 0.2) is 51.6 Å². The molecule has 0 fully saturated rings. The van der Waals surface area contributed by atoms with Crippen LogP contribution in [0.2, 0.25) is 5.02 Å². The predicted octanol–water partition coefficient (Wildman–Crippen LogP) is 4.89. The fourth-order valence-electron chi connectivity index (χ4n) is 2.32. The fraction of sp³-hybridized carbons (Fsp3) is 0.333. The lowest BCUT2D eigenvalue weighted by Crippen LogP contribution is -2.27. The van der Waals surface area contributed by atoms with Crippen LogP contribution in [-0.2, 0) is 4.79 Å². The first kappa shape index (κ1) is 18.7. The zero-order chi connectivity index (χ0) is 17.7. The van der Waals surface area contributed by atoms with Gasteiger partial charge in [0.1, 0.15) is 5.75 Å². The summed E-state index contributed by atoms with van der Waals surface area (Å²) in [6, 6.07) is 5.22. The summed E-state index contributed by atoms with van der Waals surface area (Å²) in [7, 11) is 0. The fourth-order valence-corrected chi connectivity index (χ4v) is 3.05. The monoisotopic (exact) mass is 410 g/mol. The van der Waals surface area contributed by atoms with Crippen LogP contribution in [0.1, 0.15) is 26.7 Å². The van der Waals surface area contributed by atoms with Gasteiger partial charge < -0.3 is 4.74 Å². The number of hydrogen-bond acceptors (Lipinski definition) is 3. The standard InChI is InChI=1S/C18H20BrClN2O2/c1-11(2)13-5-4-12(3)16(8-13)21-22-18(23)10-24-17-7-6-14(19)9-15(17)20/h4,6-7,9,13H,1,5,8,10H2,2-3H3,(H,22,23). The van der Waals surface area contributed by atoms with Gasteiger partial charge in [0.25, 0.3) is 5.91 Å². The average Bonchev–Trinajstić information content (AvgIpc) is 2.53. The topological polar surface area (TPSA) is 50.7 Å². The molecule has 0 aliphatic heterocycles. The molecule has 1 amide bonds. The second kappa shape index (κ2) is 8.49. The lowest BCUT2D eigenvalue weighted by molar-refractivity contribution is -0.123. The van der Waals surface area contributed by atoms with Gasteiger partial charge in [0, 0.05) is 4.47 Å². The second-order valence-corrected chi connectivity index (χ2v) is 7.15. The maximum Gasteiger partial charge on any atom is 0.277 e. The Morgan fingerprint density at radius 3 is 2.96 bits per heavy atom. The van der Waals surface area contributed by atoms with Crippen molar-refractivity contribution >= 4 is 39.1 Å². The molecule has 1 aromatic carbocycles. The average molecular weight is 412 g/mol. The van der Waals surface area contributed by atoms with Crippen molar-refractivity contribution < 1.29 is 9.53 Å². The summed E-state index contributed by atoms with van der Waals surface area (Å²) < 4.78 is 6.27. The Bertz CT molecular complexity index is 713. The third-order valence-corrected chi connectivity index (χ3v) is 4.66. The van der Waals surface area contributed by atoms with Crippen LogP contribution in [0.25, 0.3) is 0 Å². The van der Waals surface area contributed by atoms with Crippen LogP contribution in [0.5, 0.6) is 5.75 Å². The molecule has 0 bridgehead atoms. The normalized spacial score (nSPS) is 18.9. The van der Waals surface area contributed by atoms with Crippen LogP contribution >= 0.6 is 27.5 Å². The summed E-state index contributed by atoms with van der Waals surface area (Å²) in [6.45, 7) is 7.87. The molecule has 0 heterocycles. The maximum atomic E-state index is 11.9. The van der Waals surface area contributed by atoms with E-state index in [0.717, 1.165) is 34.2 Å². The molecule has 0 radical (unpaired) electrons. The highest BCUT2D eigenvalue weighted by Gasteiger charge is 2.18. The predicted molar refractivity (Wildman–Crippen MR) is 102 cm³/mol. The molecule has 2 rings (SSSR count). The van der Waals surface area contributed by atoms with Crippen molar-refractivity contribution in [3.05, 3.63) is 51.5 Å². The molecule has 1 atom stereocenters. The molecule has 128 valence electrons. The summed E-state index contributed by atoms with van der Waals surface area (Å²) in [5, 5.41) is 4.68. The maximum absolute atomic E-state index is 11.9. The van der Waals surface area contributed by atoms with E-state index in [-0.39, 0.29) is 12.5 Å². The highest BCUT2D eigenvalue weighted by atomic mass is 79.9. The van der Waals surface area contributed by atoms with E-state index in [0.29, 0.717) is 16.7 Å². The Hall–Kier alpha value is -1.59. The zero-order valence-electron chi connectivity index (χ0n) is 13.7. The van der Waals surface area contributed by atoms with Crippen molar-refractivity contribution in [1.29, 1.82) is 0 Å². The van der Waals surface area contributed by atoms with Crippen molar-refractivity contribution in [1.82, 2.24) is 5.43 Å². The van der Waals surface area contributed by atoms with Crippen LogP contribution in [0, 0.1) is 5.92 Å². The van der Waals surface area contributed by atoms with Gasteiger partial charge in [0.2, 0.25) is 0 Å². The molecule has 1 N–H and O–H groups in total. The Morgan fingerprint density at radius 1 is 1.54 bits per heavy atom. The van der Waals surface area contributed by atoms with Gasteiger partial charge in [-0.3, -0.25) is 4.79 Å². The van der Waals surface area contributed by atoms with Crippen molar-refractivity contribution in [3.8, 4) is 5.75 Å². The van der Waals surface area contributed by atoms with Crippen molar-refractivity contribution in [2.75, 3.05) is 6.61 Å². The number of amides is 1. The van der Waals surface area contributed by atoms with Gasteiger partial charge in [-0.05, 0) is 56.4 Å². The van der Waals surface area contributed by atoms with E-state index in [1.165, 1.54) is 0 Å². The third-order valence-electron chi connectivity index (χ3n) is 3.87. The van der Waals surface area contributed by atoms with Gasteiger partial charge in [-0.15, -0.1) is 0 Å². The molecule has 0 spiro atoms. The number of benzene rings is 1. The molecule has 1 aliphatic rings. The molecule has 24 heavy (non-hydrogen) atoms. The minimum atomic E-state index is -0.327. The quantitative estimate of drug-likeness (QED) is 0.554. The Labute approximate surface area is 155 Å². The number of halogens is 2. The van der Waals surface area contributed by atoms with E-state index >= 15 is 0 Å². The minimum absolute atomic E-state index is 0.148. The number of carbonyl (C=O) groups excluding carboxylic acids is 1. The number of hydrazone groups is 1. The van der Waals surface area contributed by atoms with Gasteiger partial charge in [0.15, 0.2) is 6.61 Å². The van der Waals surface area contributed by atoms with E-state index in [1.54, 1.807) is 18.2 Å². The van der Waals surface area contributed by atoms with E-state index in [4.69, 9.17) is 16.3 Å². The first-order valence-electron chi connectivity index (χ1n) is 7.62. The number of carbonyl (C=O) groups is 1.